The number of carbonyl (C=O) groups excluding carboxylic acids is 2. The molecule has 0 saturated heterocycles. The molecule has 1 aromatic rings. The maximum Gasteiger partial charge on any atom is 0.254 e. The predicted octanol–water partition coefficient (Wildman–Crippen LogP) is 1.79. The summed E-state index contributed by atoms with van der Waals surface area (Å²) in [5, 5.41) is 5.17. The quantitative estimate of drug-likeness (QED) is 0.767. The molecule has 0 spiro atoms. The van der Waals surface area contributed by atoms with Crippen molar-refractivity contribution >= 4 is 11.8 Å². The molecule has 0 aromatic heterocycles. The summed E-state index contributed by atoms with van der Waals surface area (Å²) in [5.41, 5.74) is -0.0638. The van der Waals surface area contributed by atoms with Crippen LogP contribution in [-0.2, 0) is 4.79 Å². The van der Waals surface area contributed by atoms with Crippen molar-refractivity contribution in [3.8, 4) is 0 Å². The molecule has 0 heterocycles. The standard InChI is InChI=1S/C17H26FN3O2/c1-12(2)21(13(3)4)10-9-19-16(22)11-20-17(23)14-7-5-6-8-15(14)18/h5-8,12-13H,9-11H2,1-4H3,(H,19,22)(H,20,23). The summed E-state index contributed by atoms with van der Waals surface area (Å²) in [6.07, 6.45) is 0. The molecule has 0 saturated carbocycles. The van der Waals surface area contributed by atoms with Crippen molar-refractivity contribution in [1.82, 2.24) is 15.5 Å². The third-order valence-corrected chi connectivity index (χ3v) is 3.55. The van der Waals surface area contributed by atoms with Crippen molar-refractivity contribution < 1.29 is 14.0 Å². The number of nitrogens with zero attached hydrogens (tertiary/aromatic N) is 1. The van der Waals surface area contributed by atoms with Crippen molar-refractivity contribution in [3.05, 3.63) is 35.6 Å². The van der Waals surface area contributed by atoms with Gasteiger partial charge < -0.3 is 10.6 Å². The number of hydrogen-bond acceptors (Lipinski definition) is 3. The molecule has 1 rings (SSSR count). The second-order valence-corrected chi connectivity index (χ2v) is 5.94. The Morgan fingerprint density at radius 2 is 1.70 bits per heavy atom. The van der Waals surface area contributed by atoms with Gasteiger partial charge in [0.05, 0.1) is 12.1 Å². The normalized spacial score (nSPS) is 11.1. The summed E-state index contributed by atoms with van der Waals surface area (Å²) in [4.78, 5) is 25.8. The minimum absolute atomic E-state index is 0.0638. The van der Waals surface area contributed by atoms with Gasteiger partial charge in [-0.05, 0) is 39.8 Å². The number of rotatable bonds is 8. The molecule has 0 aliphatic carbocycles. The highest BCUT2D eigenvalue weighted by Crippen LogP contribution is 2.05. The van der Waals surface area contributed by atoms with Gasteiger partial charge in [0, 0.05) is 25.2 Å². The molecular weight excluding hydrogens is 297 g/mol. The summed E-state index contributed by atoms with van der Waals surface area (Å²) in [7, 11) is 0. The second-order valence-electron chi connectivity index (χ2n) is 5.94. The van der Waals surface area contributed by atoms with Gasteiger partial charge in [0.2, 0.25) is 5.91 Å². The van der Waals surface area contributed by atoms with Gasteiger partial charge in [0.15, 0.2) is 0 Å². The highest BCUT2D eigenvalue weighted by Gasteiger charge is 2.14. The fraction of sp³-hybridized carbons (Fsp3) is 0.529. The Morgan fingerprint density at radius 3 is 2.26 bits per heavy atom. The molecule has 23 heavy (non-hydrogen) atoms. The molecule has 0 aliphatic rings. The van der Waals surface area contributed by atoms with Crippen molar-refractivity contribution in [2.24, 2.45) is 0 Å². The predicted molar refractivity (Wildman–Crippen MR) is 88.7 cm³/mol. The van der Waals surface area contributed by atoms with Crippen LogP contribution in [0.25, 0.3) is 0 Å². The molecule has 128 valence electrons. The Bertz CT molecular complexity index is 524. The van der Waals surface area contributed by atoms with Crippen molar-refractivity contribution in [3.63, 3.8) is 0 Å². The Balaban J connectivity index is 2.35. The molecule has 0 aliphatic heterocycles. The number of halogens is 1. The largest absolute Gasteiger partial charge is 0.353 e. The number of carbonyl (C=O) groups is 2. The molecule has 2 amide bonds. The van der Waals surface area contributed by atoms with Crippen LogP contribution < -0.4 is 10.6 Å². The molecule has 0 fully saturated rings. The summed E-state index contributed by atoms with van der Waals surface area (Å²) < 4.78 is 13.4. The van der Waals surface area contributed by atoms with E-state index in [9.17, 15) is 14.0 Å². The first-order valence-corrected chi connectivity index (χ1v) is 7.88. The van der Waals surface area contributed by atoms with Crippen LogP contribution in [0.5, 0.6) is 0 Å². The van der Waals surface area contributed by atoms with Gasteiger partial charge in [0.1, 0.15) is 5.82 Å². The van der Waals surface area contributed by atoms with E-state index in [4.69, 9.17) is 0 Å². The van der Waals surface area contributed by atoms with E-state index in [1.54, 1.807) is 6.07 Å². The third kappa shape index (κ3) is 6.36. The van der Waals surface area contributed by atoms with Crippen LogP contribution in [0.1, 0.15) is 38.1 Å². The molecule has 0 atom stereocenters. The summed E-state index contributed by atoms with van der Waals surface area (Å²) in [5.74, 6) is -1.48. The van der Waals surface area contributed by atoms with Crippen LogP contribution in [0, 0.1) is 5.82 Å². The van der Waals surface area contributed by atoms with E-state index in [0.29, 0.717) is 18.6 Å². The van der Waals surface area contributed by atoms with Gasteiger partial charge >= 0.3 is 0 Å². The van der Waals surface area contributed by atoms with Gasteiger partial charge in [-0.3, -0.25) is 14.5 Å². The zero-order valence-corrected chi connectivity index (χ0v) is 14.2. The maximum absolute atomic E-state index is 13.4. The molecule has 0 bridgehead atoms. The lowest BCUT2D eigenvalue weighted by Crippen LogP contribution is -2.44. The van der Waals surface area contributed by atoms with Crippen LogP contribution in [-0.4, -0.2) is 48.4 Å². The number of hydrogen-bond donors (Lipinski definition) is 2. The van der Waals surface area contributed by atoms with Gasteiger partial charge in [-0.15, -0.1) is 0 Å². The van der Waals surface area contributed by atoms with E-state index in [-0.39, 0.29) is 18.0 Å². The van der Waals surface area contributed by atoms with E-state index in [2.05, 4.69) is 43.2 Å². The molecule has 0 radical (unpaired) electrons. The van der Waals surface area contributed by atoms with Crippen molar-refractivity contribution in [2.45, 2.75) is 39.8 Å². The summed E-state index contributed by atoms with van der Waals surface area (Å²) in [6.45, 7) is 9.50. The van der Waals surface area contributed by atoms with Gasteiger partial charge in [-0.1, -0.05) is 12.1 Å². The monoisotopic (exact) mass is 323 g/mol. The smallest absolute Gasteiger partial charge is 0.254 e. The van der Waals surface area contributed by atoms with Crippen LogP contribution in [0.3, 0.4) is 0 Å². The number of amides is 2. The summed E-state index contributed by atoms with van der Waals surface area (Å²) in [6, 6.07) is 6.46. The molecular formula is C17H26FN3O2. The Hall–Kier alpha value is -1.95. The fourth-order valence-electron chi connectivity index (χ4n) is 2.40. The SMILES string of the molecule is CC(C)N(CCNC(=O)CNC(=O)c1ccccc1F)C(C)C. The Kier molecular flexibility index (Phi) is 7.68. The second kappa shape index (κ2) is 9.25. The number of benzene rings is 1. The molecule has 2 N–H and O–H groups in total. The minimum Gasteiger partial charge on any atom is -0.353 e. The lowest BCUT2D eigenvalue weighted by atomic mass is 10.2. The fourth-order valence-corrected chi connectivity index (χ4v) is 2.40. The highest BCUT2D eigenvalue weighted by atomic mass is 19.1. The van der Waals surface area contributed by atoms with Crippen LogP contribution in [0.2, 0.25) is 0 Å². The van der Waals surface area contributed by atoms with Crippen LogP contribution in [0.4, 0.5) is 4.39 Å². The van der Waals surface area contributed by atoms with Crippen molar-refractivity contribution in [1.29, 1.82) is 0 Å². The van der Waals surface area contributed by atoms with Crippen LogP contribution >= 0.6 is 0 Å². The van der Waals surface area contributed by atoms with Gasteiger partial charge in [0.25, 0.3) is 5.91 Å². The lowest BCUT2D eigenvalue weighted by molar-refractivity contribution is -0.120. The third-order valence-electron chi connectivity index (χ3n) is 3.55. The van der Waals surface area contributed by atoms with E-state index in [1.165, 1.54) is 18.2 Å². The van der Waals surface area contributed by atoms with E-state index in [1.807, 2.05) is 0 Å². The molecule has 0 unspecified atom stereocenters. The van der Waals surface area contributed by atoms with E-state index >= 15 is 0 Å². The summed E-state index contributed by atoms with van der Waals surface area (Å²) >= 11 is 0. The zero-order chi connectivity index (χ0) is 17.4. The molecule has 6 heteroatoms. The first kappa shape index (κ1) is 19.1. The average Bonchev–Trinajstić information content (AvgIpc) is 2.48. The van der Waals surface area contributed by atoms with Crippen LogP contribution in [0.15, 0.2) is 24.3 Å². The Labute approximate surface area is 137 Å². The highest BCUT2D eigenvalue weighted by molar-refractivity contribution is 5.96. The lowest BCUT2D eigenvalue weighted by Gasteiger charge is -2.30. The first-order chi connectivity index (χ1) is 10.8. The maximum atomic E-state index is 13.4. The Morgan fingerprint density at radius 1 is 1.09 bits per heavy atom. The van der Waals surface area contributed by atoms with Crippen molar-refractivity contribution in [2.75, 3.05) is 19.6 Å². The van der Waals surface area contributed by atoms with E-state index < -0.39 is 11.7 Å². The molecule has 1 aromatic carbocycles. The average molecular weight is 323 g/mol. The van der Waals surface area contributed by atoms with Gasteiger partial charge in [-0.2, -0.15) is 0 Å². The zero-order valence-electron chi connectivity index (χ0n) is 14.2. The first-order valence-electron chi connectivity index (χ1n) is 7.88. The topological polar surface area (TPSA) is 61.4 Å². The van der Waals surface area contributed by atoms with E-state index in [0.717, 1.165) is 6.54 Å². The number of nitrogens with one attached hydrogen (secondary N) is 2. The minimum atomic E-state index is -0.602. The van der Waals surface area contributed by atoms with Gasteiger partial charge in [-0.25, -0.2) is 4.39 Å². The molecule has 5 nitrogen and oxygen atoms in total.